The van der Waals surface area contributed by atoms with E-state index in [0.717, 1.165) is 47.0 Å². The zero-order valence-electron chi connectivity index (χ0n) is 17.2. The first-order valence-electron chi connectivity index (χ1n) is 10.1. The average Bonchev–Trinajstić information content (AvgIpc) is 2.70. The lowest BCUT2D eigenvalue weighted by molar-refractivity contribution is 0.0472. The second kappa shape index (κ2) is 7.79. The summed E-state index contributed by atoms with van der Waals surface area (Å²) in [6.45, 7) is 7.05. The van der Waals surface area contributed by atoms with Gasteiger partial charge < -0.3 is 4.74 Å². The molecule has 0 saturated heterocycles. The number of aryl methyl sites for hydroxylation is 1. The number of carbonyl (C=O) groups is 1. The Morgan fingerprint density at radius 3 is 2.59 bits per heavy atom. The number of rotatable bonds is 3. The lowest BCUT2D eigenvalue weighted by Gasteiger charge is -2.35. The Bertz CT molecular complexity index is 1050. The summed E-state index contributed by atoms with van der Waals surface area (Å²) in [5.74, 6) is 0.241. The van der Waals surface area contributed by atoms with Crippen LogP contribution in [0.5, 0.6) is 0 Å². The first-order valence-corrected chi connectivity index (χ1v) is 10.5. The molecule has 0 N–H and O–H groups in total. The minimum Gasteiger partial charge on any atom is -0.457 e. The predicted octanol–water partition coefficient (Wildman–Crippen LogP) is 6.40. The van der Waals surface area contributed by atoms with Gasteiger partial charge in [0, 0.05) is 16.1 Å². The van der Waals surface area contributed by atoms with Crippen LogP contribution in [0.2, 0.25) is 5.02 Å². The van der Waals surface area contributed by atoms with Crippen molar-refractivity contribution >= 4 is 28.5 Å². The Morgan fingerprint density at radius 1 is 1.14 bits per heavy atom. The molecule has 3 aromatic rings. The third-order valence-corrected chi connectivity index (χ3v) is 6.22. The summed E-state index contributed by atoms with van der Waals surface area (Å²) in [6, 6.07) is 15.2. The highest BCUT2D eigenvalue weighted by atomic mass is 35.5. The van der Waals surface area contributed by atoms with Crippen LogP contribution in [0.25, 0.3) is 10.9 Å². The number of pyridine rings is 1. The van der Waals surface area contributed by atoms with Crippen LogP contribution in [-0.2, 0) is 24.2 Å². The van der Waals surface area contributed by atoms with Gasteiger partial charge in [0.15, 0.2) is 0 Å². The summed E-state index contributed by atoms with van der Waals surface area (Å²) in [5.41, 5.74) is 4.77. The van der Waals surface area contributed by atoms with E-state index in [1.165, 1.54) is 0 Å². The van der Waals surface area contributed by atoms with Gasteiger partial charge in [0.2, 0.25) is 0 Å². The predicted molar refractivity (Wildman–Crippen MR) is 117 cm³/mol. The minimum atomic E-state index is -0.274. The molecule has 4 rings (SSSR count). The number of hydrogen-bond donors (Lipinski definition) is 0. The quantitative estimate of drug-likeness (QED) is 0.472. The fourth-order valence-electron chi connectivity index (χ4n) is 4.16. The van der Waals surface area contributed by atoms with Gasteiger partial charge in [-0.05, 0) is 59.9 Å². The highest BCUT2D eigenvalue weighted by Gasteiger charge is 2.33. The molecule has 0 radical (unpaired) electrons. The van der Waals surface area contributed by atoms with E-state index < -0.39 is 0 Å². The molecule has 1 aliphatic carbocycles. The van der Waals surface area contributed by atoms with Crippen molar-refractivity contribution in [2.75, 3.05) is 0 Å². The van der Waals surface area contributed by atoms with Crippen molar-refractivity contribution in [3.8, 4) is 0 Å². The van der Waals surface area contributed by atoms with Crippen LogP contribution >= 0.6 is 11.6 Å². The molecule has 3 nitrogen and oxygen atoms in total. The summed E-state index contributed by atoms with van der Waals surface area (Å²) >= 11 is 5.95. The van der Waals surface area contributed by atoms with Gasteiger partial charge in [-0.25, -0.2) is 4.79 Å². The van der Waals surface area contributed by atoms with Crippen LogP contribution in [0.4, 0.5) is 0 Å². The van der Waals surface area contributed by atoms with Crippen molar-refractivity contribution in [1.82, 2.24) is 4.98 Å². The average molecular weight is 408 g/mol. The highest BCUT2D eigenvalue weighted by molar-refractivity contribution is 6.30. The Morgan fingerprint density at radius 2 is 1.86 bits per heavy atom. The van der Waals surface area contributed by atoms with E-state index in [9.17, 15) is 4.79 Å². The fraction of sp³-hybridized carbons (Fsp3) is 0.360. The van der Waals surface area contributed by atoms with E-state index in [2.05, 4.69) is 20.8 Å². The summed E-state index contributed by atoms with van der Waals surface area (Å²) in [6.07, 6.45) is 2.86. The van der Waals surface area contributed by atoms with Crippen LogP contribution in [0.15, 0.2) is 48.5 Å². The molecule has 0 unspecified atom stereocenters. The molecule has 1 aliphatic rings. The normalized spacial score (nSPS) is 16.5. The molecule has 0 amide bonds. The van der Waals surface area contributed by atoms with Crippen LogP contribution in [0.3, 0.4) is 0 Å². The third kappa shape index (κ3) is 4.16. The smallest absolute Gasteiger partial charge is 0.339 e. The van der Waals surface area contributed by atoms with Crippen molar-refractivity contribution in [2.24, 2.45) is 11.3 Å². The molecule has 4 heteroatoms. The molecular weight excluding hydrogens is 382 g/mol. The van der Waals surface area contributed by atoms with Gasteiger partial charge in [-0.15, -0.1) is 0 Å². The van der Waals surface area contributed by atoms with E-state index in [0.29, 0.717) is 16.5 Å². The van der Waals surface area contributed by atoms with Crippen molar-refractivity contribution in [3.63, 3.8) is 0 Å². The highest BCUT2D eigenvalue weighted by Crippen LogP contribution is 2.39. The molecule has 1 heterocycles. The molecule has 0 fully saturated rings. The number of halogens is 1. The number of ether oxygens (including phenoxy) is 1. The number of carbonyl (C=O) groups excluding carboxylic acids is 1. The Kier molecular flexibility index (Phi) is 5.35. The number of aromatic nitrogens is 1. The maximum absolute atomic E-state index is 13.3. The van der Waals surface area contributed by atoms with Gasteiger partial charge in [0.25, 0.3) is 0 Å². The van der Waals surface area contributed by atoms with Crippen molar-refractivity contribution in [3.05, 3.63) is 75.9 Å². The number of para-hydroxylation sites is 1. The first-order chi connectivity index (χ1) is 13.8. The maximum Gasteiger partial charge on any atom is 0.339 e. The summed E-state index contributed by atoms with van der Waals surface area (Å²) in [7, 11) is 0. The Balaban J connectivity index is 1.71. The fourth-order valence-corrected chi connectivity index (χ4v) is 4.29. The number of nitrogens with zero attached hydrogens (tertiary/aromatic N) is 1. The molecule has 0 bridgehead atoms. The molecule has 0 aliphatic heterocycles. The van der Waals surface area contributed by atoms with E-state index in [1.807, 2.05) is 48.5 Å². The van der Waals surface area contributed by atoms with E-state index in [4.69, 9.17) is 21.3 Å². The Labute approximate surface area is 177 Å². The number of esters is 1. The molecule has 1 atom stereocenters. The van der Waals surface area contributed by atoms with Crippen LogP contribution in [0, 0.1) is 11.3 Å². The summed E-state index contributed by atoms with van der Waals surface area (Å²) in [5, 5.41) is 1.55. The van der Waals surface area contributed by atoms with Crippen LogP contribution in [0.1, 0.15) is 54.4 Å². The molecule has 1 aromatic heterocycles. The SMILES string of the molecule is CC(C)(C)[C@@H]1CCc2nc3ccccc3c(C(=O)OCc3ccc(Cl)cc3)c2C1. The van der Waals surface area contributed by atoms with Crippen molar-refractivity contribution < 1.29 is 9.53 Å². The monoisotopic (exact) mass is 407 g/mol. The van der Waals surface area contributed by atoms with E-state index >= 15 is 0 Å². The molecule has 0 spiro atoms. The zero-order chi connectivity index (χ0) is 20.6. The minimum absolute atomic E-state index is 0.188. The number of benzene rings is 2. The summed E-state index contributed by atoms with van der Waals surface area (Å²) in [4.78, 5) is 18.1. The largest absolute Gasteiger partial charge is 0.457 e. The van der Waals surface area contributed by atoms with Crippen molar-refractivity contribution in [2.45, 2.75) is 46.6 Å². The molecule has 29 heavy (non-hydrogen) atoms. The zero-order valence-corrected chi connectivity index (χ0v) is 17.9. The van der Waals surface area contributed by atoms with Crippen LogP contribution < -0.4 is 0 Å². The van der Waals surface area contributed by atoms with Gasteiger partial charge in [-0.3, -0.25) is 4.98 Å². The standard InChI is InChI=1S/C25H26ClNO2/c1-25(2,3)17-10-13-22-20(14-17)23(19-6-4-5-7-21(19)27-22)24(28)29-15-16-8-11-18(26)12-9-16/h4-9,11-12,17H,10,13-15H2,1-3H3/t17-/m1/s1. The van der Waals surface area contributed by atoms with Gasteiger partial charge in [-0.1, -0.05) is 62.7 Å². The Hall–Kier alpha value is -2.39. The summed E-state index contributed by atoms with van der Waals surface area (Å²) < 4.78 is 5.74. The second-order valence-corrected chi connectivity index (χ2v) is 9.37. The maximum atomic E-state index is 13.3. The van der Waals surface area contributed by atoms with Gasteiger partial charge in [0.1, 0.15) is 6.61 Å². The first kappa shape index (κ1) is 19.9. The molecule has 150 valence electrons. The third-order valence-electron chi connectivity index (χ3n) is 5.97. The van der Waals surface area contributed by atoms with Gasteiger partial charge >= 0.3 is 5.97 Å². The second-order valence-electron chi connectivity index (χ2n) is 8.94. The lowest BCUT2D eigenvalue weighted by Crippen LogP contribution is -2.29. The number of fused-ring (bicyclic) bond motifs is 2. The van der Waals surface area contributed by atoms with Crippen LogP contribution in [-0.4, -0.2) is 11.0 Å². The molecular formula is C25H26ClNO2. The van der Waals surface area contributed by atoms with E-state index in [1.54, 1.807) is 0 Å². The molecule has 0 saturated carbocycles. The topological polar surface area (TPSA) is 39.2 Å². The van der Waals surface area contributed by atoms with E-state index in [-0.39, 0.29) is 18.0 Å². The lowest BCUT2D eigenvalue weighted by atomic mass is 9.70. The number of hydrogen-bond acceptors (Lipinski definition) is 3. The molecule has 2 aromatic carbocycles. The van der Waals surface area contributed by atoms with Gasteiger partial charge in [-0.2, -0.15) is 0 Å². The van der Waals surface area contributed by atoms with Gasteiger partial charge in [0.05, 0.1) is 11.1 Å². The van der Waals surface area contributed by atoms with Crippen molar-refractivity contribution in [1.29, 1.82) is 0 Å².